The molecule has 2 rings (SSSR count). The third kappa shape index (κ3) is 3.10. The Hall–Kier alpha value is -2.03. The van der Waals surface area contributed by atoms with Crippen molar-refractivity contribution in [2.75, 3.05) is 5.32 Å². The van der Waals surface area contributed by atoms with Crippen LogP contribution in [0, 0.1) is 20.6 Å². The number of hydrogen-bond acceptors (Lipinski definition) is 4. The van der Waals surface area contributed by atoms with Crippen molar-refractivity contribution in [2.24, 2.45) is 0 Å². The molecule has 0 bridgehead atoms. The Labute approximate surface area is 128 Å². The average Bonchev–Trinajstić information content (AvgIpc) is 2.41. The maximum atomic E-state index is 12.2. The van der Waals surface area contributed by atoms with Crippen LogP contribution in [0.5, 0.6) is 0 Å². The Balaban J connectivity index is 2.32. The summed E-state index contributed by atoms with van der Waals surface area (Å²) in [5.41, 5.74) is 1.62. The van der Waals surface area contributed by atoms with E-state index >= 15 is 0 Å². The number of rotatable bonds is 3. The van der Waals surface area contributed by atoms with Crippen molar-refractivity contribution in [1.82, 2.24) is 4.98 Å². The molecule has 0 atom stereocenters. The van der Waals surface area contributed by atoms with Gasteiger partial charge in [0.2, 0.25) is 0 Å². The predicted molar refractivity (Wildman–Crippen MR) is 82.7 cm³/mol. The van der Waals surface area contributed by atoms with Crippen LogP contribution < -0.4 is 5.32 Å². The highest BCUT2D eigenvalue weighted by molar-refractivity contribution is 14.1. The summed E-state index contributed by atoms with van der Waals surface area (Å²) in [5.74, 6) is -0.382. The summed E-state index contributed by atoms with van der Waals surface area (Å²) < 4.78 is 0.650. The lowest BCUT2D eigenvalue weighted by Gasteiger charge is -2.08. The fraction of sp³-hybridized carbons (Fsp3) is 0.0769. The second kappa shape index (κ2) is 5.95. The van der Waals surface area contributed by atoms with Crippen LogP contribution >= 0.6 is 22.6 Å². The molecule has 6 nitrogen and oxygen atoms in total. The second-order valence-electron chi connectivity index (χ2n) is 4.07. The van der Waals surface area contributed by atoms with Gasteiger partial charge >= 0.3 is 0 Å². The number of halogens is 1. The first kappa shape index (κ1) is 14.4. The Kier molecular flexibility index (Phi) is 4.28. The number of nitrogens with one attached hydrogen (secondary N) is 1. The zero-order valence-electron chi connectivity index (χ0n) is 10.5. The topological polar surface area (TPSA) is 85.1 Å². The van der Waals surface area contributed by atoms with Crippen LogP contribution in [-0.4, -0.2) is 15.8 Å². The van der Waals surface area contributed by atoms with Crippen molar-refractivity contribution in [3.63, 3.8) is 0 Å². The first-order valence-electron chi connectivity index (χ1n) is 5.65. The summed E-state index contributed by atoms with van der Waals surface area (Å²) in [6.45, 7) is 1.82. The first-order chi connectivity index (χ1) is 9.49. The monoisotopic (exact) mass is 383 g/mol. The smallest absolute Gasteiger partial charge is 0.270 e. The number of nitro groups is 1. The van der Waals surface area contributed by atoms with Gasteiger partial charge in [-0.1, -0.05) is 0 Å². The first-order valence-corrected chi connectivity index (χ1v) is 6.73. The number of anilines is 1. The standard InChI is InChI=1S/C13H10IN3O3/c1-8-7-15-5-4-12(8)16-13(18)10-6-9(17(19)20)2-3-11(10)14/h2-7H,1H3,(H,15,16,18). The maximum absolute atomic E-state index is 12.2. The SMILES string of the molecule is Cc1cnccc1NC(=O)c1cc([N+](=O)[O-])ccc1I. The highest BCUT2D eigenvalue weighted by Crippen LogP contribution is 2.21. The Morgan fingerprint density at radius 1 is 1.40 bits per heavy atom. The second-order valence-corrected chi connectivity index (χ2v) is 5.23. The normalized spacial score (nSPS) is 10.1. The van der Waals surface area contributed by atoms with E-state index < -0.39 is 4.92 Å². The minimum Gasteiger partial charge on any atom is -0.322 e. The Morgan fingerprint density at radius 3 is 2.80 bits per heavy atom. The molecule has 0 saturated carbocycles. The fourth-order valence-corrected chi connectivity index (χ4v) is 2.18. The van der Waals surface area contributed by atoms with E-state index in [0.717, 1.165) is 5.56 Å². The van der Waals surface area contributed by atoms with Crippen molar-refractivity contribution < 1.29 is 9.72 Å². The van der Waals surface area contributed by atoms with Gasteiger partial charge in [-0.25, -0.2) is 0 Å². The average molecular weight is 383 g/mol. The summed E-state index contributed by atoms with van der Waals surface area (Å²) in [5, 5.41) is 13.5. The summed E-state index contributed by atoms with van der Waals surface area (Å²) in [7, 11) is 0. The molecule has 1 aromatic heterocycles. The Morgan fingerprint density at radius 2 is 2.15 bits per heavy atom. The molecule has 0 radical (unpaired) electrons. The van der Waals surface area contributed by atoms with E-state index in [0.29, 0.717) is 9.26 Å². The molecule has 0 fully saturated rings. The van der Waals surface area contributed by atoms with Crippen LogP contribution in [0.2, 0.25) is 0 Å². The van der Waals surface area contributed by atoms with Gasteiger partial charge < -0.3 is 5.32 Å². The van der Waals surface area contributed by atoms with E-state index in [2.05, 4.69) is 10.3 Å². The van der Waals surface area contributed by atoms with Gasteiger partial charge in [-0.15, -0.1) is 0 Å². The molecule has 1 aromatic carbocycles. The van der Waals surface area contributed by atoms with Crippen LogP contribution in [0.3, 0.4) is 0 Å². The quantitative estimate of drug-likeness (QED) is 0.501. The minimum atomic E-state index is -0.523. The van der Waals surface area contributed by atoms with E-state index in [1.807, 2.05) is 29.5 Å². The lowest BCUT2D eigenvalue weighted by atomic mass is 10.1. The number of hydrogen-bond donors (Lipinski definition) is 1. The van der Waals surface area contributed by atoms with Crippen LogP contribution in [-0.2, 0) is 0 Å². The van der Waals surface area contributed by atoms with Crippen LogP contribution in [0.1, 0.15) is 15.9 Å². The van der Waals surface area contributed by atoms with Gasteiger partial charge in [0.1, 0.15) is 0 Å². The molecular weight excluding hydrogens is 373 g/mol. The number of nitro benzene ring substituents is 1. The molecule has 0 unspecified atom stereocenters. The third-order valence-electron chi connectivity index (χ3n) is 2.67. The molecule has 0 saturated heterocycles. The van der Waals surface area contributed by atoms with Crippen LogP contribution in [0.4, 0.5) is 11.4 Å². The molecule has 0 aliphatic rings. The highest BCUT2D eigenvalue weighted by Gasteiger charge is 2.16. The van der Waals surface area contributed by atoms with E-state index in [4.69, 9.17) is 0 Å². The number of carbonyl (C=O) groups is 1. The van der Waals surface area contributed by atoms with Crippen molar-refractivity contribution in [2.45, 2.75) is 6.92 Å². The van der Waals surface area contributed by atoms with Gasteiger partial charge in [-0.3, -0.25) is 19.9 Å². The fourth-order valence-electron chi connectivity index (χ4n) is 1.60. The number of carbonyl (C=O) groups excluding carboxylic acids is 1. The number of benzene rings is 1. The number of aryl methyl sites for hydroxylation is 1. The lowest BCUT2D eigenvalue weighted by Crippen LogP contribution is -2.14. The lowest BCUT2D eigenvalue weighted by molar-refractivity contribution is -0.384. The van der Waals surface area contributed by atoms with Crippen LogP contribution in [0.25, 0.3) is 0 Å². The zero-order chi connectivity index (χ0) is 14.7. The summed E-state index contributed by atoms with van der Waals surface area (Å²) >= 11 is 1.97. The molecule has 1 N–H and O–H groups in total. The van der Waals surface area contributed by atoms with Crippen molar-refractivity contribution >= 4 is 39.9 Å². The number of amides is 1. The molecule has 1 heterocycles. The summed E-state index contributed by atoms with van der Waals surface area (Å²) in [4.78, 5) is 26.4. The number of non-ortho nitro benzene ring substituents is 1. The Bertz CT molecular complexity index is 688. The van der Waals surface area contributed by atoms with Crippen LogP contribution in [0.15, 0.2) is 36.7 Å². The molecule has 102 valence electrons. The molecule has 0 aliphatic heterocycles. The van der Waals surface area contributed by atoms with Gasteiger partial charge in [0.25, 0.3) is 11.6 Å². The highest BCUT2D eigenvalue weighted by atomic mass is 127. The van der Waals surface area contributed by atoms with Crippen molar-refractivity contribution in [3.05, 3.63) is 61.5 Å². The molecule has 20 heavy (non-hydrogen) atoms. The molecule has 1 amide bonds. The minimum absolute atomic E-state index is 0.109. The van der Waals surface area contributed by atoms with Gasteiger partial charge in [0.05, 0.1) is 10.5 Å². The van der Waals surface area contributed by atoms with E-state index in [-0.39, 0.29) is 17.2 Å². The molecule has 2 aromatic rings. The van der Waals surface area contributed by atoms with Gasteiger partial charge in [0.15, 0.2) is 0 Å². The molecule has 7 heteroatoms. The molecular formula is C13H10IN3O3. The van der Waals surface area contributed by atoms with E-state index in [1.165, 1.54) is 12.1 Å². The van der Waals surface area contributed by atoms with Gasteiger partial charge in [0, 0.05) is 33.8 Å². The van der Waals surface area contributed by atoms with Gasteiger partial charge in [-0.2, -0.15) is 0 Å². The van der Waals surface area contributed by atoms with Gasteiger partial charge in [-0.05, 0) is 47.2 Å². The molecule has 0 aliphatic carbocycles. The summed E-state index contributed by atoms with van der Waals surface area (Å²) in [6.07, 6.45) is 3.20. The number of aromatic nitrogens is 1. The molecule has 0 spiro atoms. The third-order valence-corrected chi connectivity index (χ3v) is 3.61. The predicted octanol–water partition coefficient (Wildman–Crippen LogP) is 3.16. The summed E-state index contributed by atoms with van der Waals surface area (Å²) in [6, 6.07) is 5.87. The van der Waals surface area contributed by atoms with E-state index in [1.54, 1.807) is 24.5 Å². The number of pyridine rings is 1. The van der Waals surface area contributed by atoms with Crippen molar-refractivity contribution in [1.29, 1.82) is 0 Å². The maximum Gasteiger partial charge on any atom is 0.270 e. The number of nitrogens with zero attached hydrogens (tertiary/aromatic N) is 2. The van der Waals surface area contributed by atoms with E-state index in [9.17, 15) is 14.9 Å². The largest absolute Gasteiger partial charge is 0.322 e. The van der Waals surface area contributed by atoms with Crippen molar-refractivity contribution in [3.8, 4) is 0 Å². The zero-order valence-corrected chi connectivity index (χ0v) is 12.6.